The average molecular weight is 327 g/mol. The maximum absolute atomic E-state index is 9.97. The third-order valence-electron chi connectivity index (χ3n) is 4.19. The molecule has 1 aliphatic rings. The van der Waals surface area contributed by atoms with E-state index >= 15 is 0 Å². The number of nitrogens with zero attached hydrogens (tertiary/aromatic N) is 2. The molecule has 0 amide bonds. The lowest BCUT2D eigenvalue weighted by molar-refractivity contribution is -0.0755. The van der Waals surface area contributed by atoms with Crippen molar-refractivity contribution in [3.8, 4) is 6.07 Å². The van der Waals surface area contributed by atoms with Gasteiger partial charge in [0.05, 0.1) is 36.1 Å². The first kappa shape index (κ1) is 16.7. The number of aliphatic hydroxyl groups is 1. The van der Waals surface area contributed by atoms with Crippen LogP contribution >= 0.6 is 0 Å². The first-order chi connectivity index (χ1) is 11.4. The summed E-state index contributed by atoms with van der Waals surface area (Å²) in [5.41, 5.74) is 1.34. The van der Waals surface area contributed by atoms with E-state index in [1.807, 2.05) is 24.3 Å². The molecular weight excluding hydrogens is 306 g/mol. The standard InChI is InChI=1S/C18H21N3O3/c1-17(2,22)16-7-15(21-24-16)8-18(11-23-12-18)20-10-14-5-3-13(9-19)4-6-14/h3-7,20,22H,8,10-12H2,1-2H3. The lowest BCUT2D eigenvalue weighted by atomic mass is 9.90. The van der Waals surface area contributed by atoms with Crippen LogP contribution in [0.25, 0.3) is 0 Å². The first-order valence-electron chi connectivity index (χ1n) is 7.90. The van der Waals surface area contributed by atoms with Crippen LogP contribution in [0.1, 0.15) is 36.4 Å². The van der Waals surface area contributed by atoms with Crippen molar-refractivity contribution >= 4 is 0 Å². The van der Waals surface area contributed by atoms with Crippen molar-refractivity contribution in [2.24, 2.45) is 0 Å². The van der Waals surface area contributed by atoms with E-state index in [-0.39, 0.29) is 5.54 Å². The summed E-state index contributed by atoms with van der Waals surface area (Å²) >= 11 is 0. The largest absolute Gasteiger partial charge is 0.382 e. The highest BCUT2D eigenvalue weighted by atomic mass is 16.5. The maximum Gasteiger partial charge on any atom is 0.167 e. The average Bonchev–Trinajstić information content (AvgIpc) is 2.99. The van der Waals surface area contributed by atoms with E-state index in [0.29, 0.717) is 37.5 Å². The second kappa shape index (κ2) is 6.36. The van der Waals surface area contributed by atoms with Gasteiger partial charge in [-0.3, -0.25) is 0 Å². The third-order valence-corrected chi connectivity index (χ3v) is 4.19. The second-order valence-corrected chi connectivity index (χ2v) is 6.85. The van der Waals surface area contributed by atoms with Crippen LogP contribution in [0.4, 0.5) is 0 Å². The molecule has 1 fully saturated rings. The van der Waals surface area contributed by atoms with Gasteiger partial charge in [0.2, 0.25) is 0 Å². The molecule has 0 aliphatic carbocycles. The highest BCUT2D eigenvalue weighted by Crippen LogP contribution is 2.26. The molecule has 1 aliphatic heterocycles. The summed E-state index contributed by atoms with van der Waals surface area (Å²) in [4.78, 5) is 0. The van der Waals surface area contributed by atoms with Crippen LogP contribution < -0.4 is 5.32 Å². The fourth-order valence-electron chi connectivity index (χ4n) is 2.63. The minimum atomic E-state index is -1.04. The summed E-state index contributed by atoms with van der Waals surface area (Å²) in [6.07, 6.45) is 0.670. The molecule has 0 saturated carbocycles. The van der Waals surface area contributed by atoms with Crippen LogP contribution in [0.3, 0.4) is 0 Å². The summed E-state index contributed by atoms with van der Waals surface area (Å²) < 4.78 is 10.6. The predicted octanol–water partition coefficient (Wildman–Crippen LogP) is 1.87. The lowest BCUT2D eigenvalue weighted by Gasteiger charge is -2.42. The molecule has 1 aromatic carbocycles. The number of hydrogen-bond acceptors (Lipinski definition) is 6. The molecule has 1 saturated heterocycles. The van der Waals surface area contributed by atoms with Gasteiger partial charge in [-0.2, -0.15) is 5.26 Å². The van der Waals surface area contributed by atoms with Gasteiger partial charge >= 0.3 is 0 Å². The van der Waals surface area contributed by atoms with Crippen molar-refractivity contribution in [2.75, 3.05) is 13.2 Å². The lowest BCUT2D eigenvalue weighted by Crippen LogP contribution is -2.61. The molecule has 0 atom stereocenters. The number of aromatic nitrogens is 1. The van der Waals surface area contributed by atoms with Gasteiger partial charge in [0.25, 0.3) is 0 Å². The van der Waals surface area contributed by atoms with Gasteiger partial charge in [-0.05, 0) is 31.5 Å². The zero-order valence-corrected chi connectivity index (χ0v) is 13.9. The van der Waals surface area contributed by atoms with E-state index in [4.69, 9.17) is 14.5 Å². The normalized spacial score (nSPS) is 16.4. The molecular formula is C18H21N3O3. The first-order valence-corrected chi connectivity index (χ1v) is 7.90. The van der Waals surface area contributed by atoms with E-state index in [2.05, 4.69) is 16.5 Å². The van der Waals surface area contributed by atoms with Gasteiger partial charge in [-0.25, -0.2) is 0 Å². The Labute approximate surface area is 141 Å². The zero-order chi connectivity index (χ0) is 17.2. The monoisotopic (exact) mass is 327 g/mol. The molecule has 126 valence electrons. The molecule has 3 rings (SSSR count). The molecule has 6 heteroatoms. The van der Waals surface area contributed by atoms with E-state index in [1.54, 1.807) is 19.9 Å². The Bertz CT molecular complexity index is 734. The molecule has 0 bridgehead atoms. The maximum atomic E-state index is 9.97. The summed E-state index contributed by atoms with van der Waals surface area (Å²) in [7, 11) is 0. The number of hydrogen-bond donors (Lipinski definition) is 2. The van der Waals surface area contributed by atoms with E-state index in [0.717, 1.165) is 11.3 Å². The molecule has 0 radical (unpaired) electrons. The van der Waals surface area contributed by atoms with Crippen LogP contribution in [0.2, 0.25) is 0 Å². The number of benzene rings is 1. The topological polar surface area (TPSA) is 91.3 Å². The third kappa shape index (κ3) is 3.65. The van der Waals surface area contributed by atoms with Gasteiger partial charge in [0.15, 0.2) is 5.76 Å². The molecule has 0 unspecified atom stereocenters. The SMILES string of the molecule is CC(C)(O)c1cc(CC2(NCc3ccc(C#N)cc3)COC2)no1. The van der Waals surface area contributed by atoms with Crippen LogP contribution in [0, 0.1) is 11.3 Å². The summed E-state index contributed by atoms with van der Waals surface area (Å²) in [5, 5.41) is 26.4. The molecule has 2 heterocycles. The summed E-state index contributed by atoms with van der Waals surface area (Å²) in [6.45, 7) is 5.23. The minimum Gasteiger partial charge on any atom is -0.382 e. The van der Waals surface area contributed by atoms with Crippen LogP contribution in [-0.2, 0) is 23.3 Å². The Balaban J connectivity index is 1.64. The fourth-order valence-corrected chi connectivity index (χ4v) is 2.63. The van der Waals surface area contributed by atoms with E-state index in [1.165, 1.54) is 0 Å². The molecule has 2 aromatic rings. The van der Waals surface area contributed by atoms with Gasteiger partial charge < -0.3 is 19.7 Å². The van der Waals surface area contributed by atoms with Gasteiger partial charge in [-0.15, -0.1) is 0 Å². The van der Waals surface area contributed by atoms with Gasteiger partial charge in [-0.1, -0.05) is 17.3 Å². The van der Waals surface area contributed by atoms with Crippen molar-refractivity contribution in [1.82, 2.24) is 10.5 Å². The van der Waals surface area contributed by atoms with Crippen molar-refractivity contribution < 1.29 is 14.4 Å². The Hall–Kier alpha value is -2.20. The smallest absolute Gasteiger partial charge is 0.167 e. The van der Waals surface area contributed by atoms with Gasteiger partial charge in [0.1, 0.15) is 5.60 Å². The highest BCUT2D eigenvalue weighted by molar-refractivity contribution is 5.31. The molecule has 0 spiro atoms. The summed E-state index contributed by atoms with van der Waals surface area (Å²) in [5.74, 6) is 0.458. The molecule has 2 N–H and O–H groups in total. The van der Waals surface area contributed by atoms with Crippen molar-refractivity contribution in [3.05, 3.63) is 52.9 Å². The Morgan fingerprint density at radius 3 is 2.54 bits per heavy atom. The summed E-state index contributed by atoms with van der Waals surface area (Å²) in [6, 6.07) is 11.4. The quantitative estimate of drug-likeness (QED) is 0.842. The predicted molar refractivity (Wildman–Crippen MR) is 87.0 cm³/mol. The Kier molecular flexibility index (Phi) is 4.41. The number of nitrogens with one attached hydrogen (secondary N) is 1. The molecule has 6 nitrogen and oxygen atoms in total. The van der Waals surface area contributed by atoms with Crippen LogP contribution in [0.15, 0.2) is 34.9 Å². The van der Waals surface area contributed by atoms with Crippen LogP contribution in [-0.4, -0.2) is 29.0 Å². The van der Waals surface area contributed by atoms with Crippen molar-refractivity contribution in [3.63, 3.8) is 0 Å². The van der Waals surface area contributed by atoms with Gasteiger partial charge in [0, 0.05) is 19.0 Å². The number of ether oxygens (including phenoxy) is 1. The van der Waals surface area contributed by atoms with Crippen LogP contribution in [0.5, 0.6) is 0 Å². The Morgan fingerprint density at radius 1 is 1.33 bits per heavy atom. The van der Waals surface area contributed by atoms with E-state index in [9.17, 15) is 5.11 Å². The van der Waals surface area contributed by atoms with Crippen molar-refractivity contribution in [2.45, 2.75) is 38.0 Å². The Morgan fingerprint density at radius 2 is 2.04 bits per heavy atom. The van der Waals surface area contributed by atoms with Crippen molar-refractivity contribution in [1.29, 1.82) is 5.26 Å². The highest BCUT2D eigenvalue weighted by Gasteiger charge is 2.39. The minimum absolute atomic E-state index is 0.179. The molecule has 24 heavy (non-hydrogen) atoms. The molecule has 1 aromatic heterocycles. The second-order valence-electron chi connectivity index (χ2n) is 6.85. The number of rotatable bonds is 6. The zero-order valence-electron chi connectivity index (χ0n) is 13.9. The van der Waals surface area contributed by atoms with E-state index < -0.39 is 5.60 Å². The fraction of sp³-hybridized carbons (Fsp3) is 0.444. The number of nitriles is 1.